The third-order valence-electron chi connectivity index (χ3n) is 8.17. The van der Waals surface area contributed by atoms with Crippen LogP contribution in [0.15, 0.2) is 42.6 Å². The topological polar surface area (TPSA) is 99.4 Å². The monoisotopic (exact) mass is 557 g/mol. The number of hydrogen-bond acceptors (Lipinski definition) is 7. The number of benzene rings is 1. The SMILES string of the molecule is O=S(CCO)Nc1ccc(-c2cn(-c3cccc(N4CCC(F)(F)CC4)n3)nn2)c(N2CCC3(CC2)CC3)c1. The maximum Gasteiger partial charge on any atom is 0.251 e. The summed E-state index contributed by atoms with van der Waals surface area (Å²) in [7, 11) is -1.37. The molecule has 2 N–H and O–H groups in total. The van der Waals surface area contributed by atoms with E-state index in [4.69, 9.17) is 5.11 Å². The summed E-state index contributed by atoms with van der Waals surface area (Å²) < 4.78 is 44.1. The van der Waals surface area contributed by atoms with Gasteiger partial charge in [-0.2, -0.15) is 0 Å². The number of piperidine rings is 2. The third kappa shape index (κ3) is 5.76. The average Bonchev–Trinajstić information content (AvgIpc) is 3.49. The maximum atomic E-state index is 13.6. The summed E-state index contributed by atoms with van der Waals surface area (Å²) in [4.78, 5) is 8.93. The molecule has 1 unspecified atom stereocenters. The average molecular weight is 558 g/mol. The van der Waals surface area contributed by atoms with Crippen molar-refractivity contribution < 1.29 is 18.1 Å². The van der Waals surface area contributed by atoms with Crippen molar-refractivity contribution >= 4 is 28.2 Å². The summed E-state index contributed by atoms with van der Waals surface area (Å²) in [6, 6.07) is 11.3. The Balaban J connectivity index is 1.26. The van der Waals surface area contributed by atoms with Crippen LogP contribution in [0.25, 0.3) is 17.1 Å². The Labute approximate surface area is 228 Å². The lowest BCUT2D eigenvalue weighted by Gasteiger charge is -2.35. The van der Waals surface area contributed by atoms with E-state index in [2.05, 4.69) is 24.9 Å². The van der Waals surface area contributed by atoms with Gasteiger partial charge < -0.3 is 19.6 Å². The number of pyridine rings is 1. The van der Waals surface area contributed by atoms with Gasteiger partial charge in [0.15, 0.2) is 5.82 Å². The summed E-state index contributed by atoms with van der Waals surface area (Å²) in [6.45, 7) is 2.26. The van der Waals surface area contributed by atoms with E-state index >= 15 is 0 Å². The Morgan fingerprint density at radius 1 is 0.949 bits per heavy atom. The van der Waals surface area contributed by atoms with Crippen molar-refractivity contribution in [2.75, 3.05) is 53.1 Å². The van der Waals surface area contributed by atoms with E-state index in [0.717, 1.165) is 42.9 Å². The molecule has 12 heteroatoms. The third-order valence-corrected chi connectivity index (χ3v) is 9.19. The first kappa shape index (κ1) is 26.1. The first-order valence-electron chi connectivity index (χ1n) is 13.5. The predicted molar refractivity (Wildman–Crippen MR) is 148 cm³/mol. The summed E-state index contributed by atoms with van der Waals surface area (Å²) in [5, 5.41) is 17.9. The fourth-order valence-electron chi connectivity index (χ4n) is 5.52. The lowest BCUT2D eigenvalue weighted by atomic mass is 9.93. The molecule has 208 valence electrons. The minimum absolute atomic E-state index is 0.151. The highest BCUT2D eigenvalue weighted by Crippen LogP contribution is 2.54. The van der Waals surface area contributed by atoms with Crippen LogP contribution in [0.4, 0.5) is 26.0 Å². The molecule has 0 radical (unpaired) electrons. The standard InChI is InChI=1S/C27H33F2N7O2S/c28-27(29)10-14-35(15-11-27)24-2-1-3-25(30-24)36-19-22(31-33-36)21-5-4-20(32-39(38)17-16-37)18-23(21)34-12-8-26(6-7-26)9-13-34/h1-5,18-19,32,37H,6-17H2. The van der Waals surface area contributed by atoms with Crippen molar-refractivity contribution in [3.05, 3.63) is 42.6 Å². The Hall–Kier alpha value is -3.12. The Bertz CT molecular complexity index is 1340. The van der Waals surface area contributed by atoms with Crippen LogP contribution in [0.3, 0.4) is 0 Å². The minimum atomic E-state index is -2.61. The van der Waals surface area contributed by atoms with Gasteiger partial charge in [-0.25, -0.2) is 22.7 Å². The fraction of sp³-hybridized carbons (Fsp3) is 0.519. The summed E-state index contributed by atoms with van der Waals surface area (Å²) in [5.74, 6) is -1.24. The Morgan fingerprint density at radius 2 is 1.67 bits per heavy atom. The molecule has 1 spiro atoms. The second-order valence-electron chi connectivity index (χ2n) is 10.8. The molecule has 2 aliphatic heterocycles. The zero-order chi connectivity index (χ0) is 27.0. The highest BCUT2D eigenvalue weighted by atomic mass is 32.2. The van der Waals surface area contributed by atoms with Gasteiger partial charge in [0.05, 0.1) is 18.6 Å². The molecule has 9 nitrogen and oxygen atoms in total. The number of aliphatic hydroxyl groups excluding tert-OH is 1. The number of nitrogens with one attached hydrogen (secondary N) is 1. The van der Waals surface area contributed by atoms with E-state index in [0.29, 0.717) is 22.7 Å². The van der Waals surface area contributed by atoms with Crippen LogP contribution in [0.2, 0.25) is 0 Å². The van der Waals surface area contributed by atoms with Crippen molar-refractivity contribution in [1.29, 1.82) is 0 Å². The van der Waals surface area contributed by atoms with E-state index in [9.17, 15) is 13.0 Å². The van der Waals surface area contributed by atoms with Crippen LogP contribution in [0.1, 0.15) is 38.5 Å². The van der Waals surface area contributed by atoms with Crippen LogP contribution in [0, 0.1) is 5.41 Å². The van der Waals surface area contributed by atoms with E-state index in [1.54, 1.807) is 4.68 Å². The van der Waals surface area contributed by atoms with Crippen molar-refractivity contribution in [3.63, 3.8) is 0 Å². The molecule has 2 saturated heterocycles. The van der Waals surface area contributed by atoms with Crippen molar-refractivity contribution in [2.45, 2.75) is 44.4 Å². The largest absolute Gasteiger partial charge is 0.395 e. The van der Waals surface area contributed by atoms with E-state index in [-0.39, 0.29) is 38.3 Å². The highest BCUT2D eigenvalue weighted by molar-refractivity contribution is 7.86. The summed E-state index contributed by atoms with van der Waals surface area (Å²) in [6.07, 6.45) is 6.43. The van der Waals surface area contributed by atoms with E-state index in [1.165, 1.54) is 12.8 Å². The van der Waals surface area contributed by atoms with Gasteiger partial charge in [-0.15, -0.1) is 5.10 Å². The second-order valence-corrected chi connectivity index (χ2v) is 12.1. The van der Waals surface area contributed by atoms with Gasteiger partial charge >= 0.3 is 0 Å². The van der Waals surface area contributed by atoms with Gasteiger partial charge in [0.1, 0.15) is 22.5 Å². The van der Waals surface area contributed by atoms with Gasteiger partial charge in [-0.05, 0) is 61.4 Å². The van der Waals surface area contributed by atoms with Gasteiger partial charge in [-0.1, -0.05) is 11.3 Å². The van der Waals surface area contributed by atoms with Crippen LogP contribution >= 0.6 is 0 Å². The van der Waals surface area contributed by atoms with Crippen LogP contribution < -0.4 is 14.5 Å². The molecule has 1 atom stereocenters. The number of nitrogens with zero attached hydrogens (tertiary/aromatic N) is 6. The molecule has 1 saturated carbocycles. The number of rotatable bonds is 8. The van der Waals surface area contributed by atoms with Crippen LogP contribution in [-0.4, -0.2) is 73.8 Å². The molecule has 1 aromatic carbocycles. The molecule has 0 bridgehead atoms. The number of halogens is 2. The van der Waals surface area contributed by atoms with Crippen molar-refractivity contribution in [3.8, 4) is 17.1 Å². The van der Waals surface area contributed by atoms with Crippen LogP contribution in [-0.2, 0) is 11.0 Å². The molecular weight excluding hydrogens is 524 g/mol. The molecular formula is C27H33F2N7O2S. The molecule has 3 aliphatic rings. The highest BCUT2D eigenvalue weighted by Gasteiger charge is 2.44. The van der Waals surface area contributed by atoms with Gasteiger partial charge in [0, 0.05) is 56.0 Å². The molecule has 1 aliphatic carbocycles. The number of anilines is 3. The zero-order valence-corrected chi connectivity index (χ0v) is 22.5. The molecule has 3 fully saturated rings. The lowest BCUT2D eigenvalue weighted by Crippen LogP contribution is -2.39. The molecule has 39 heavy (non-hydrogen) atoms. The first-order valence-corrected chi connectivity index (χ1v) is 14.8. The van der Waals surface area contributed by atoms with Crippen molar-refractivity contribution in [1.82, 2.24) is 20.0 Å². The summed E-state index contributed by atoms with van der Waals surface area (Å²) in [5.41, 5.74) is 3.85. The van der Waals surface area contributed by atoms with Gasteiger partial charge in [0.25, 0.3) is 5.92 Å². The number of hydrogen-bond donors (Lipinski definition) is 2. The van der Waals surface area contributed by atoms with Gasteiger partial charge in [0.2, 0.25) is 0 Å². The quantitative estimate of drug-likeness (QED) is 0.432. The first-order chi connectivity index (χ1) is 18.8. The molecule has 3 aromatic rings. The molecule has 6 rings (SSSR count). The molecule has 2 aromatic heterocycles. The molecule has 0 amide bonds. The maximum absolute atomic E-state index is 13.6. The normalized spacial score (nSPS) is 20.7. The van der Waals surface area contributed by atoms with Gasteiger partial charge in [-0.3, -0.25) is 0 Å². The minimum Gasteiger partial charge on any atom is -0.395 e. The predicted octanol–water partition coefficient (Wildman–Crippen LogP) is 4.01. The summed E-state index contributed by atoms with van der Waals surface area (Å²) >= 11 is 0. The molecule has 4 heterocycles. The smallest absolute Gasteiger partial charge is 0.251 e. The Morgan fingerprint density at radius 3 is 2.38 bits per heavy atom. The Kier molecular flexibility index (Phi) is 7.00. The van der Waals surface area contributed by atoms with E-state index in [1.807, 2.05) is 47.5 Å². The fourth-order valence-corrected chi connectivity index (χ4v) is 6.17. The van der Waals surface area contributed by atoms with Crippen LogP contribution in [0.5, 0.6) is 0 Å². The zero-order valence-electron chi connectivity index (χ0n) is 21.7. The van der Waals surface area contributed by atoms with E-state index < -0.39 is 16.9 Å². The number of aromatic nitrogens is 4. The second kappa shape index (κ2) is 10.5. The number of alkyl halides is 2. The van der Waals surface area contributed by atoms with Crippen molar-refractivity contribution in [2.24, 2.45) is 5.41 Å². The lowest BCUT2D eigenvalue weighted by molar-refractivity contribution is -0.0221. The number of aliphatic hydroxyl groups is 1.